The van der Waals surface area contributed by atoms with Gasteiger partial charge in [0.05, 0.1) is 18.9 Å². The van der Waals surface area contributed by atoms with Gasteiger partial charge in [0.25, 0.3) is 0 Å². The maximum absolute atomic E-state index is 10.9. The lowest BCUT2D eigenvalue weighted by Crippen LogP contribution is -2.40. The smallest absolute Gasteiger partial charge is 0.210 e. The summed E-state index contributed by atoms with van der Waals surface area (Å²) in [5.41, 5.74) is 0.966. The number of hydrogen-bond donors (Lipinski definition) is 3. The summed E-state index contributed by atoms with van der Waals surface area (Å²) in [5.74, 6) is 1.19. The van der Waals surface area contributed by atoms with Crippen molar-refractivity contribution in [3.05, 3.63) is 29.8 Å². The van der Waals surface area contributed by atoms with Crippen molar-refractivity contribution in [1.29, 1.82) is 0 Å². The van der Waals surface area contributed by atoms with Crippen LogP contribution >= 0.6 is 0 Å². The van der Waals surface area contributed by atoms with Crippen molar-refractivity contribution in [3.8, 4) is 5.75 Å². The van der Waals surface area contributed by atoms with Crippen LogP contribution in [0.5, 0.6) is 5.75 Å². The summed E-state index contributed by atoms with van der Waals surface area (Å²) in [6.45, 7) is 5.77. The number of rotatable bonds is 8. The molecule has 0 aromatic heterocycles. The Hall–Kier alpha value is -1.80. The summed E-state index contributed by atoms with van der Waals surface area (Å²) < 4.78 is 27.4. The summed E-state index contributed by atoms with van der Waals surface area (Å²) in [6, 6.07) is 7.68. The molecule has 1 rings (SSSR count). The highest BCUT2D eigenvalue weighted by atomic mass is 32.2. The number of primary sulfonamides is 1. The number of nitrogens with one attached hydrogen (secondary N) is 2. The number of aliphatic imine (C=N–C) groups is 1. The van der Waals surface area contributed by atoms with Gasteiger partial charge in [-0.3, -0.25) is 0 Å². The van der Waals surface area contributed by atoms with E-state index in [1.807, 2.05) is 38.1 Å². The molecule has 0 aliphatic heterocycles. The summed E-state index contributed by atoms with van der Waals surface area (Å²) in [5, 5.41) is 11.0. The molecule has 0 spiro atoms. The molecule has 1 aromatic carbocycles. The molecular formula is C14H24N4O3S. The van der Waals surface area contributed by atoms with Crippen molar-refractivity contribution in [2.45, 2.75) is 20.4 Å². The molecule has 0 radical (unpaired) electrons. The predicted octanol–water partition coefficient (Wildman–Crippen LogP) is 0.429. The van der Waals surface area contributed by atoms with Crippen LogP contribution < -0.4 is 20.5 Å². The number of ether oxygens (including phenoxy) is 1. The van der Waals surface area contributed by atoms with Gasteiger partial charge in [0.1, 0.15) is 5.75 Å². The molecule has 0 unspecified atom stereocenters. The molecule has 0 bridgehead atoms. The SMILES string of the molecule is CCNC(=NCc1ccccc1OCC)NCCS(N)(=O)=O. The van der Waals surface area contributed by atoms with Gasteiger partial charge in [-0.2, -0.15) is 0 Å². The van der Waals surface area contributed by atoms with Crippen molar-refractivity contribution in [3.63, 3.8) is 0 Å². The second kappa shape index (κ2) is 9.26. The fraction of sp³-hybridized carbons (Fsp3) is 0.500. The first-order chi connectivity index (χ1) is 10.5. The number of benzene rings is 1. The zero-order chi connectivity index (χ0) is 16.4. The van der Waals surface area contributed by atoms with Gasteiger partial charge >= 0.3 is 0 Å². The van der Waals surface area contributed by atoms with Crippen molar-refractivity contribution < 1.29 is 13.2 Å². The highest BCUT2D eigenvalue weighted by Crippen LogP contribution is 2.18. The van der Waals surface area contributed by atoms with Gasteiger partial charge in [-0.25, -0.2) is 18.5 Å². The standard InChI is InChI=1S/C14H24N4O3S/c1-3-16-14(17-9-10-22(15,19)20)18-11-12-7-5-6-8-13(12)21-4-2/h5-8H,3-4,9-11H2,1-2H3,(H2,15,19,20)(H2,16,17,18). The van der Waals surface area contributed by atoms with Crippen LogP contribution in [0.3, 0.4) is 0 Å². The largest absolute Gasteiger partial charge is 0.494 e. The van der Waals surface area contributed by atoms with Gasteiger partial charge < -0.3 is 15.4 Å². The molecule has 4 N–H and O–H groups in total. The van der Waals surface area contributed by atoms with E-state index in [1.165, 1.54) is 0 Å². The van der Waals surface area contributed by atoms with Crippen molar-refractivity contribution in [2.24, 2.45) is 10.1 Å². The number of para-hydroxylation sites is 1. The summed E-state index contributed by atoms with van der Waals surface area (Å²) in [6.07, 6.45) is 0. The van der Waals surface area contributed by atoms with Gasteiger partial charge in [-0.15, -0.1) is 0 Å². The second-order valence-corrected chi connectivity index (χ2v) is 6.26. The van der Waals surface area contributed by atoms with Gasteiger partial charge in [-0.1, -0.05) is 18.2 Å². The molecule has 0 fully saturated rings. The fourth-order valence-electron chi connectivity index (χ4n) is 1.75. The van der Waals surface area contributed by atoms with E-state index >= 15 is 0 Å². The monoisotopic (exact) mass is 328 g/mol. The minimum absolute atomic E-state index is 0.146. The topological polar surface area (TPSA) is 106 Å². The summed E-state index contributed by atoms with van der Waals surface area (Å²) in [4.78, 5) is 4.42. The molecule has 0 heterocycles. The van der Waals surface area contributed by atoms with Crippen LogP contribution in [0, 0.1) is 0 Å². The number of guanidine groups is 1. The first kappa shape index (κ1) is 18.2. The number of hydrogen-bond acceptors (Lipinski definition) is 4. The van der Waals surface area contributed by atoms with E-state index in [9.17, 15) is 8.42 Å². The minimum Gasteiger partial charge on any atom is -0.494 e. The van der Waals surface area contributed by atoms with Crippen LogP contribution in [0.4, 0.5) is 0 Å². The lowest BCUT2D eigenvalue weighted by molar-refractivity contribution is 0.336. The Morgan fingerprint density at radius 1 is 1.27 bits per heavy atom. The molecule has 7 nitrogen and oxygen atoms in total. The lowest BCUT2D eigenvalue weighted by atomic mass is 10.2. The summed E-state index contributed by atoms with van der Waals surface area (Å²) in [7, 11) is -3.48. The maximum Gasteiger partial charge on any atom is 0.210 e. The van der Waals surface area contributed by atoms with E-state index < -0.39 is 10.0 Å². The van der Waals surface area contributed by atoms with E-state index in [-0.39, 0.29) is 12.3 Å². The van der Waals surface area contributed by atoms with E-state index in [0.717, 1.165) is 11.3 Å². The molecule has 124 valence electrons. The Bertz CT molecular complexity index is 588. The first-order valence-electron chi connectivity index (χ1n) is 7.19. The molecule has 0 amide bonds. The third kappa shape index (κ3) is 7.28. The Morgan fingerprint density at radius 2 is 2.00 bits per heavy atom. The molecule has 0 aliphatic rings. The van der Waals surface area contributed by atoms with Crippen LogP contribution in [0.2, 0.25) is 0 Å². The Kier molecular flexibility index (Phi) is 7.69. The van der Waals surface area contributed by atoms with E-state index in [1.54, 1.807) is 0 Å². The van der Waals surface area contributed by atoms with Gasteiger partial charge in [0.15, 0.2) is 5.96 Å². The zero-order valence-corrected chi connectivity index (χ0v) is 13.8. The zero-order valence-electron chi connectivity index (χ0n) is 13.0. The second-order valence-electron chi connectivity index (χ2n) is 4.53. The molecule has 8 heteroatoms. The normalized spacial score (nSPS) is 12.0. The van der Waals surface area contributed by atoms with Crippen molar-refractivity contribution >= 4 is 16.0 Å². The average molecular weight is 328 g/mol. The third-order valence-corrected chi connectivity index (χ3v) is 3.48. The molecule has 1 aromatic rings. The van der Waals surface area contributed by atoms with Crippen molar-refractivity contribution in [1.82, 2.24) is 10.6 Å². The Labute approximate surface area is 132 Å². The van der Waals surface area contributed by atoms with Crippen LogP contribution in [-0.4, -0.2) is 39.8 Å². The van der Waals surface area contributed by atoms with Crippen molar-refractivity contribution in [2.75, 3.05) is 25.4 Å². The molecule has 0 saturated carbocycles. The first-order valence-corrected chi connectivity index (χ1v) is 8.91. The van der Waals surface area contributed by atoms with Gasteiger partial charge in [-0.05, 0) is 19.9 Å². The molecule has 0 aliphatic carbocycles. The van der Waals surface area contributed by atoms with Crippen LogP contribution in [0.15, 0.2) is 29.3 Å². The summed E-state index contributed by atoms with van der Waals surface area (Å²) >= 11 is 0. The Morgan fingerprint density at radius 3 is 2.64 bits per heavy atom. The van der Waals surface area contributed by atoms with E-state index in [2.05, 4.69) is 15.6 Å². The lowest BCUT2D eigenvalue weighted by Gasteiger charge is -2.12. The van der Waals surface area contributed by atoms with Gasteiger partial charge in [0, 0.05) is 18.7 Å². The minimum atomic E-state index is -3.48. The Balaban J connectivity index is 2.69. The number of nitrogens with two attached hydrogens (primary N) is 1. The average Bonchev–Trinajstić information content (AvgIpc) is 2.45. The molecule has 22 heavy (non-hydrogen) atoms. The predicted molar refractivity (Wildman–Crippen MR) is 88.4 cm³/mol. The van der Waals surface area contributed by atoms with Crippen LogP contribution in [-0.2, 0) is 16.6 Å². The van der Waals surface area contributed by atoms with Gasteiger partial charge in [0.2, 0.25) is 10.0 Å². The maximum atomic E-state index is 10.9. The third-order valence-electron chi connectivity index (χ3n) is 2.70. The highest BCUT2D eigenvalue weighted by Gasteiger charge is 2.05. The van der Waals surface area contributed by atoms with Crippen LogP contribution in [0.25, 0.3) is 0 Å². The van der Waals surface area contributed by atoms with Crippen LogP contribution in [0.1, 0.15) is 19.4 Å². The van der Waals surface area contributed by atoms with E-state index in [0.29, 0.717) is 25.7 Å². The quantitative estimate of drug-likeness (QED) is 0.474. The highest BCUT2D eigenvalue weighted by molar-refractivity contribution is 7.89. The van der Waals surface area contributed by atoms with E-state index in [4.69, 9.17) is 9.88 Å². The number of nitrogens with zero attached hydrogens (tertiary/aromatic N) is 1. The fourth-order valence-corrected chi connectivity index (χ4v) is 2.14. The molecular weight excluding hydrogens is 304 g/mol. The molecule has 0 saturated heterocycles. The number of sulfonamides is 1. The molecule has 0 atom stereocenters.